The molecular formula is C29H27ClN2O5S. The molecule has 1 N–H and O–H groups in total. The van der Waals surface area contributed by atoms with Gasteiger partial charge in [0.1, 0.15) is 18.0 Å². The first-order valence-corrected chi connectivity index (χ1v) is 13.7. The lowest BCUT2D eigenvalue weighted by Gasteiger charge is -2.24. The van der Waals surface area contributed by atoms with Crippen molar-refractivity contribution in [3.8, 4) is 17.2 Å². The minimum Gasteiger partial charge on any atom is -0.494 e. The highest BCUT2D eigenvalue weighted by molar-refractivity contribution is 7.92. The van der Waals surface area contributed by atoms with E-state index >= 15 is 0 Å². The number of para-hydroxylation sites is 1. The van der Waals surface area contributed by atoms with Gasteiger partial charge in [0.2, 0.25) is 5.91 Å². The Balaban J connectivity index is 1.63. The average molecular weight is 551 g/mol. The molecule has 4 aromatic rings. The van der Waals surface area contributed by atoms with E-state index in [4.69, 9.17) is 21.1 Å². The van der Waals surface area contributed by atoms with Crippen LogP contribution in [0.1, 0.15) is 12.5 Å². The highest BCUT2D eigenvalue weighted by Gasteiger charge is 2.28. The summed E-state index contributed by atoms with van der Waals surface area (Å²) in [6, 6.07) is 26.9. The molecule has 196 valence electrons. The second kappa shape index (κ2) is 12.0. The Labute approximate surface area is 227 Å². The summed E-state index contributed by atoms with van der Waals surface area (Å²) in [4.78, 5) is 13.3. The smallest absolute Gasteiger partial charge is 0.264 e. The number of hydrogen-bond acceptors (Lipinski definition) is 5. The Bertz CT molecular complexity index is 1490. The van der Waals surface area contributed by atoms with Gasteiger partial charge in [-0.1, -0.05) is 47.5 Å². The number of carbonyl (C=O) groups is 1. The number of halogens is 1. The number of nitrogens with one attached hydrogen (secondary N) is 1. The van der Waals surface area contributed by atoms with Crippen LogP contribution in [0.4, 0.5) is 11.4 Å². The van der Waals surface area contributed by atoms with Crippen molar-refractivity contribution in [1.82, 2.24) is 0 Å². The Morgan fingerprint density at radius 2 is 1.58 bits per heavy atom. The maximum atomic E-state index is 13.7. The molecule has 0 unspecified atom stereocenters. The fourth-order valence-electron chi connectivity index (χ4n) is 3.65. The molecule has 0 heterocycles. The van der Waals surface area contributed by atoms with Crippen LogP contribution in [0.15, 0.2) is 102 Å². The predicted octanol–water partition coefficient (Wildman–Crippen LogP) is 6.67. The maximum Gasteiger partial charge on any atom is 0.264 e. The molecule has 0 saturated carbocycles. The van der Waals surface area contributed by atoms with Crippen molar-refractivity contribution in [3.63, 3.8) is 0 Å². The van der Waals surface area contributed by atoms with Crippen LogP contribution >= 0.6 is 11.6 Å². The third-order valence-corrected chi connectivity index (χ3v) is 7.54. The third-order valence-electron chi connectivity index (χ3n) is 5.52. The standard InChI is InChI=1S/C29H27ClN2O5S/c1-3-36-24-14-16-26(17-15-24)38(34,35)32(23-12-9-21(2)10-13-23)20-29(33)31-27-19-22(30)11-18-28(27)37-25-7-5-4-6-8-25/h4-19H,3,20H2,1-2H3,(H,31,33). The number of carbonyl (C=O) groups excluding carboxylic acids is 1. The Hall–Kier alpha value is -4.01. The zero-order valence-corrected chi connectivity index (χ0v) is 22.5. The van der Waals surface area contributed by atoms with Gasteiger partial charge in [-0.3, -0.25) is 9.10 Å². The highest BCUT2D eigenvalue weighted by atomic mass is 35.5. The quantitative estimate of drug-likeness (QED) is 0.238. The van der Waals surface area contributed by atoms with Crippen molar-refractivity contribution in [1.29, 1.82) is 0 Å². The van der Waals surface area contributed by atoms with E-state index in [9.17, 15) is 13.2 Å². The summed E-state index contributed by atoms with van der Waals surface area (Å²) in [6.07, 6.45) is 0. The van der Waals surface area contributed by atoms with Gasteiger partial charge >= 0.3 is 0 Å². The van der Waals surface area contributed by atoms with Crippen molar-refractivity contribution >= 4 is 38.9 Å². The molecule has 0 saturated heterocycles. The van der Waals surface area contributed by atoms with Gasteiger partial charge in [-0.25, -0.2) is 8.42 Å². The summed E-state index contributed by atoms with van der Waals surface area (Å²) in [5.41, 5.74) is 1.62. The number of anilines is 2. The number of ether oxygens (including phenoxy) is 2. The lowest BCUT2D eigenvalue weighted by Crippen LogP contribution is -2.38. The van der Waals surface area contributed by atoms with Crippen LogP contribution in [-0.2, 0) is 14.8 Å². The van der Waals surface area contributed by atoms with E-state index < -0.39 is 22.5 Å². The predicted molar refractivity (Wildman–Crippen MR) is 150 cm³/mol. The molecule has 38 heavy (non-hydrogen) atoms. The normalized spacial score (nSPS) is 11.0. The number of aryl methyl sites for hydroxylation is 1. The van der Waals surface area contributed by atoms with E-state index in [1.165, 1.54) is 12.1 Å². The first-order valence-electron chi connectivity index (χ1n) is 11.9. The molecule has 0 radical (unpaired) electrons. The molecule has 0 spiro atoms. The second-order valence-corrected chi connectivity index (χ2v) is 10.7. The van der Waals surface area contributed by atoms with E-state index in [2.05, 4.69) is 5.32 Å². The fourth-order valence-corrected chi connectivity index (χ4v) is 5.25. The van der Waals surface area contributed by atoms with Crippen molar-refractivity contribution in [2.75, 3.05) is 22.8 Å². The number of amides is 1. The average Bonchev–Trinajstić information content (AvgIpc) is 2.90. The molecule has 4 aromatic carbocycles. The molecule has 0 fully saturated rings. The molecule has 0 aliphatic rings. The van der Waals surface area contributed by atoms with Gasteiger partial charge < -0.3 is 14.8 Å². The van der Waals surface area contributed by atoms with Crippen LogP contribution in [0.3, 0.4) is 0 Å². The Morgan fingerprint density at radius 1 is 0.895 bits per heavy atom. The van der Waals surface area contributed by atoms with E-state index in [0.717, 1.165) is 9.87 Å². The zero-order valence-electron chi connectivity index (χ0n) is 20.9. The molecule has 7 nitrogen and oxygen atoms in total. The summed E-state index contributed by atoms with van der Waals surface area (Å²) in [5, 5.41) is 3.15. The first kappa shape index (κ1) is 27.0. The Kier molecular flexibility index (Phi) is 8.55. The zero-order chi connectivity index (χ0) is 27.1. The van der Waals surface area contributed by atoms with E-state index in [1.807, 2.05) is 32.0 Å². The molecule has 4 rings (SSSR count). The summed E-state index contributed by atoms with van der Waals surface area (Å²) in [5.74, 6) is 0.924. The van der Waals surface area contributed by atoms with Gasteiger partial charge in [-0.2, -0.15) is 0 Å². The van der Waals surface area contributed by atoms with Gasteiger partial charge in [0.25, 0.3) is 10.0 Å². The van der Waals surface area contributed by atoms with Gasteiger partial charge in [0.15, 0.2) is 5.75 Å². The van der Waals surface area contributed by atoms with Crippen LogP contribution in [-0.4, -0.2) is 27.5 Å². The summed E-state index contributed by atoms with van der Waals surface area (Å²) in [6.45, 7) is 3.73. The van der Waals surface area contributed by atoms with Crippen LogP contribution in [0.2, 0.25) is 5.02 Å². The largest absolute Gasteiger partial charge is 0.494 e. The van der Waals surface area contributed by atoms with E-state index in [0.29, 0.717) is 40.3 Å². The van der Waals surface area contributed by atoms with Gasteiger partial charge in [0.05, 0.1) is 22.9 Å². The number of hydrogen-bond donors (Lipinski definition) is 1. The Morgan fingerprint density at radius 3 is 2.24 bits per heavy atom. The maximum absolute atomic E-state index is 13.7. The summed E-state index contributed by atoms with van der Waals surface area (Å²) in [7, 11) is -4.09. The van der Waals surface area contributed by atoms with Crippen LogP contribution in [0.25, 0.3) is 0 Å². The molecule has 0 bridgehead atoms. The third kappa shape index (κ3) is 6.65. The molecule has 9 heteroatoms. The minimum absolute atomic E-state index is 0.0326. The van der Waals surface area contributed by atoms with E-state index in [1.54, 1.807) is 66.7 Å². The molecule has 0 aliphatic carbocycles. The fraction of sp³-hybridized carbons (Fsp3) is 0.138. The highest BCUT2D eigenvalue weighted by Crippen LogP contribution is 2.32. The molecule has 0 aromatic heterocycles. The number of sulfonamides is 1. The number of rotatable bonds is 10. The lowest BCUT2D eigenvalue weighted by molar-refractivity contribution is -0.114. The van der Waals surface area contributed by atoms with Gasteiger partial charge in [-0.05, 0) is 80.6 Å². The monoisotopic (exact) mass is 550 g/mol. The van der Waals surface area contributed by atoms with Crippen LogP contribution in [0, 0.1) is 6.92 Å². The molecular weight excluding hydrogens is 524 g/mol. The minimum atomic E-state index is -4.09. The first-order chi connectivity index (χ1) is 18.3. The number of nitrogens with zero attached hydrogens (tertiary/aromatic N) is 1. The summed E-state index contributed by atoms with van der Waals surface area (Å²) >= 11 is 6.18. The second-order valence-electron chi connectivity index (χ2n) is 8.36. The lowest BCUT2D eigenvalue weighted by atomic mass is 10.2. The van der Waals surface area contributed by atoms with Crippen LogP contribution in [0.5, 0.6) is 17.2 Å². The topological polar surface area (TPSA) is 84.9 Å². The van der Waals surface area contributed by atoms with E-state index in [-0.39, 0.29) is 4.90 Å². The van der Waals surface area contributed by atoms with Crippen LogP contribution < -0.4 is 19.1 Å². The van der Waals surface area contributed by atoms with Crippen molar-refractivity contribution in [2.24, 2.45) is 0 Å². The van der Waals surface area contributed by atoms with Crippen molar-refractivity contribution in [2.45, 2.75) is 18.7 Å². The number of benzene rings is 4. The van der Waals surface area contributed by atoms with Gasteiger partial charge in [0, 0.05) is 5.02 Å². The summed E-state index contributed by atoms with van der Waals surface area (Å²) < 4.78 is 39.8. The SMILES string of the molecule is CCOc1ccc(S(=O)(=O)N(CC(=O)Nc2cc(Cl)ccc2Oc2ccccc2)c2ccc(C)cc2)cc1. The van der Waals surface area contributed by atoms with Crippen molar-refractivity contribution in [3.05, 3.63) is 108 Å². The van der Waals surface area contributed by atoms with Gasteiger partial charge in [-0.15, -0.1) is 0 Å². The molecule has 1 amide bonds. The molecule has 0 atom stereocenters. The molecule has 0 aliphatic heterocycles. The van der Waals surface area contributed by atoms with Crippen molar-refractivity contribution < 1.29 is 22.7 Å².